The number of hydrogen-bond acceptors (Lipinski definition) is 4. The molecular weight excluding hydrogens is 368 g/mol. The number of pyridine rings is 1. The first kappa shape index (κ1) is 15.8. The van der Waals surface area contributed by atoms with Gasteiger partial charge in [0.25, 0.3) is 10.0 Å². The van der Waals surface area contributed by atoms with Crippen molar-refractivity contribution >= 4 is 31.6 Å². The lowest BCUT2D eigenvalue weighted by Gasteiger charge is -2.10. The molecule has 2 aromatic rings. The topological polar surface area (TPSA) is 85.1 Å². The number of hydrogen-bond donors (Lipinski definition) is 2. The van der Waals surface area contributed by atoms with E-state index in [0.717, 1.165) is 6.07 Å². The maximum Gasteiger partial charge on any atom is 0.279 e. The lowest BCUT2D eigenvalue weighted by atomic mass is 10.3. The van der Waals surface area contributed by atoms with Crippen LogP contribution in [0.1, 0.15) is 5.56 Å². The smallest absolute Gasteiger partial charge is 0.279 e. The molecule has 3 N–H and O–H groups in total. The molecule has 0 spiro atoms. The first-order valence-electron chi connectivity index (χ1n) is 5.66. The van der Waals surface area contributed by atoms with Crippen molar-refractivity contribution in [1.82, 2.24) is 4.98 Å². The molecule has 1 heterocycles. The summed E-state index contributed by atoms with van der Waals surface area (Å²) in [6.07, 6.45) is 1.31. The highest BCUT2D eigenvalue weighted by atomic mass is 79.9. The normalized spacial score (nSPS) is 11.4. The van der Waals surface area contributed by atoms with Gasteiger partial charge < -0.3 is 5.73 Å². The van der Waals surface area contributed by atoms with Crippen LogP contribution in [-0.2, 0) is 16.6 Å². The molecule has 1 aromatic carbocycles. The van der Waals surface area contributed by atoms with E-state index in [-0.39, 0.29) is 21.7 Å². The van der Waals surface area contributed by atoms with E-state index >= 15 is 0 Å². The van der Waals surface area contributed by atoms with Crippen molar-refractivity contribution in [2.75, 3.05) is 4.72 Å². The number of benzene rings is 1. The Kier molecular flexibility index (Phi) is 4.55. The van der Waals surface area contributed by atoms with Crippen LogP contribution in [0.3, 0.4) is 0 Å². The maximum absolute atomic E-state index is 13.6. The van der Waals surface area contributed by atoms with Crippen LogP contribution >= 0.6 is 15.9 Å². The lowest BCUT2D eigenvalue weighted by molar-refractivity contribution is 0.581. The summed E-state index contributed by atoms with van der Waals surface area (Å²) in [5.74, 6) is -1.86. The molecule has 2 rings (SSSR count). The van der Waals surface area contributed by atoms with Crippen LogP contribution in [-0.4, -0.2) is 13.4 Å². The number of nitrogens with zero attached hydrogens (tertiary/aromatic N) is 1. The van der Waals surface area contributed by atoms with Crippen LogP contribution in [0.4, 0.5) is 14.5 Å². The van der Waals surface area contributed by atoms with Gasteiger partial charge in [0.05, 0.1) is 5.69 Å². The van der Waals surface area contributed by atoms with Gasteiger partial charge >= 0.3 is 0 Å². The van der Waals surface area contributed by atoms with E-state index in [9.17, 15) is 17.2 Å². The highest BCUT2D eigenvalue weighted by Crippen LogP contribution is 2.28. The number of sulfonamides is 1. The van der Waals surface area contributed by atoms with Crippen molar-refractivity contribution in [3.63, 3.8) is 0 Å². The third-order valence-electron chi connectivity index (χ3n) is 2.55. The van der Waals surface area contributed by atoms with Crippen molar-refractivity contribution in [3.05, 3.63) is 52.1 Å². The lowest BCUT2D eigenvalue weighted by Crippen LogP contribution is -2.16. The number of nitrogens with two attached hydrogens (primary N) is 1. The summed E-state index contributed by atoms with van der Waals surface area (Å²) in [7, 11) is -4.09. The van der Waals surface area contributed by atoms with Gasteiger partial charge in [-0.25, -0.2) is 13.8 Å². The van der Waals surface area contributed by atoms with Crippen LogP contribution < -0.4 is 10.5 Å². The number of anilines is 1. The largest absolute Gasteiger partial charge is 0.326 e. The van der Waals surface area contributed by atoms with E-state index in [1.165, 1.54) is 18.3 Å². The van der Waals surface area contributed by atoms with Crippen LogP contribution in [0, 0.1) is 11.6 Å². The molecule has 0 bridgehead atoms. The number of halogens is 3. The van der Waals surface area contributed by atoms with E-state index < -0.39 is 21.7 Å². The Morgan fingerprint density at radius 2 is 2.00 bits per heavy atom. The molecule has 5 nitrogen and oxygen atoms in total. The Labute approximate surface area is 128 Å². The molecule has 0 fully saturated rings. The highest BCUT2D eigenvalue weighted by molar-refractivity contribution is 9.10. The van der Waals surface area contributed by atoms with Gasteiger partial charge in [0.15, 0.2) is 10.8 Å². The number of rotatable bonds is 4. The molecule has 0 unspecified atom stereocenters. The third-order valence-corrected chi connectivity index (χ3v) is 4.44. The van der Waals surface area contributed by atoms with Gasteiger partial charge in [0.1, 0.15) is 5.82 Å². The van der Waals surface area contributed by atoms with Crippen LogP contribution in [0.15, 0.2) is 40.0 Å². The zero-order valence-electron chi connectivity index (χ0n) is 10.5. The van der Waals surface area contributed by atoms with Gasteiger partial charge in [0, 0.05) is 23.3 Å². The summed E-state index contributed by atoms with van der Waals surface area (Å²) in [6.45, 7) is 0.221. The average Bonchev–Trinajstić information content (AvgIpc) is 2.43. The second kappa shape index (κ2) is 6.04. The van der Waals surface area contributed by atoms with Gasteiger partial charge in [-0.1, -0.05) is 6.07 Å². The fourth-order valence-corrected chi connectivity index (χ4v) is 3.17. The number of nitrogens with one attached hydrogen (secondary N) is 1. The van der Waals surface area contributed by atoms with Crippen molar-refractivity contribution in [2.24, 2.45) is 5.73 Å². The third kappa shape index (κ3) is 3.55. The minimum atomic E-state index is -4.09. The zero-order valence-corrected chi connectivity index (χ0v) is 12.9. The summed E-state index contributed by atoms with van der Waals surface area (Å²) in [5.41, 5.74) is 5.66. The van der Waals surface area contributed by atoms with Gasteiger partial charge in [-0.05, 0) is 33.6 Å². The van der Waals surface area contributed by atoms with Gasteiger partial charge in [-0.2, -0.15) is 8.42 Å². The van der Waals surface area contributed by atoms with E-state index in [1.807, 2.05) is 4.72 Å². The standard InChI is InChI=1S/C12H10BrF2N3O2S/c13-9-3-8(14)4-10(15)12(9)18-21(19,20)11-2-1-7(5-16)6-17-11/h1-4,6,18H,5,16H2. The molecule has 0 aliphatic carbocycles. The predicted molar refractivity (Wildman–Crippen MR) is 77.0 cm³/mol. The molecule has 0 saturated carbocycles. The Morgan fingerprint density at radius 3 is 2.52 bits per heavy atom. The summed E-state index contributed by atoms with van der Waals surface area (Å²) in [5, 5.41) is -0.296. The SMILES string of the molecule is NCc1ccc(S(=O)(=O)Nc2c(F)cc(F)cc2Br)nc1. The summed E-state index contributed by atoms with van der Waals surface area (Å²) in [6, 6.07) is 4.27. The Morgan fingerprint density at radius 1 is 1.29 bits per heavy atom. The molecule has 0 aliphatic rings. The minimum absolute atomic E-state index is 0.0536. The van der Waals surface area contributed by atoms with E-state index in [0.29, 0.717) is 11.6 Å². The molecule has 112 valence electrons. The molecule has 0 atom stereocenters. The Bertz CT molecular complexity index is 744. The molecule has 0 saturated heterocycles. The van der Waals surface area contributed by atoms with Crippen molar-refractivity contribution in [3.8, 4) is 0 Å². The molecule has 1 aromatic heterocycles. The molecule has 21 heavy (non-hydrogen) atoms. The van der Waals surface area contributed by atoms with Gasteiger partial charge in [0.2, 0.25) is 0 Å². The first-order valence-corrected chi connectivity index (χ1v) is 7.93. The zero-order chi connectivity index (χ0) is 15.6. The second-order valence-electron chi connectivity index (χ2n) is 4.06. The fourth-order valence-electron chi connectivity index (χ4n) is 1.52. The molecule has 0 aliphatic heterocycles. The predicted octanol–water partition coefficient (Wildman–Crippen LogP) is 2.38. The van der Waals surface area contributed by atoms with E-state index in [1.54, 1.807) is 0 Å². The summed E-state index contributed by atoms with van der Waals surface area (Å²) in [4.78, 5) is 3.75. The second-order valence-corrected chi connectivity index (χ2v) is 6.54. The van der Waals surface area contributed by atoms with Crippen molar-refractivity contribution in [2.45, 2.75) is 11.6 Å². The van der Waals surface area contributed by atoms with Gasteiger partial charge in [-0.15, -0.1) is 0 Å². The maximum atomic E-state index is 13.6. The summed E-state index contributed by atoms with van der Waals surface area (Å²) >= 11 is 2.90. The Hall–Kier alpha value is -1.58. The quantitative estimate of drug-likeness (QED) is 0.856. The molecule has 0 radical (unpaired) electrons. The Balaban J connectivity index is 2.37. The van der Waals surface area contributed by atoms with Crippen LogP contribution in [0.2, 0.25) is 0 Å². The van der Waals surface area contributed by atoms with Crippen molar-refractivity contribution in [1.29, 1.82) is 0 Å². The van der Waals surface area contributed by atoms with Crippen LogP contribution in [0.25, 0.3) is 0 Å². The van der Waals surface area contributed by atoms with E-state index in [4.69, 9.17) is 5.73 Å². The van der Waals surface area contributed by atoms with Crippen LogP contribution in [0.5, 0.6) is 0 Å². The van der Waals surface area contributed by atoms with Gasteiger partial charge in [-0.3, -0.25) is 4.72 Å². The first-order chi connectivity index (χ1) is 9.83. The molecular formula is C12H10BrF2N3O2S. The minimum Gasteiger partial charge on any atom is -0.326 e. The molecule has 0 amide bonds. The highest BCUT2D eigenvalue weighted by Gasteiger charge is 2.20. The fraction of sp³-hybridized carbons (Fsp3) is 0.0833. The average molecular weight is 378 g/mol. The monoisotopic (exact) mass is 377 g/mol. The van der Waals surface area contributed by atoms with E-state index in [2.05, 4.69) is 20.9 Å². The number of aromatic nitrogens is 1. The molecule has 9 heteroatoms. The van der Waals surface area contributed by atoms with Crippen molar-refractivity contribution < 1.29 is 17.2 Å². The summed E-state index contributed by atoms with van der Waals surface area (Å²) < 4.78 is 52.8.